The number of rotatable bonds is 4. The van der Waals surface area contributed by atoms with Crippen LogP contribution in [-0.4, -0.2) is 41.9 Å². The summed E-state index contributed by atoms with van der Waals surface area (Å²) in [5.41, 5.74) is 0.766. The normalized spacial score (nSPS) is 19.5. The number of aliphatic hydroxyl groups excluding tert-OH is 1. The lowest BCUT2D eigenvalue weighted by atomic mass is 9.94. The standard InChI is InChI=1S/C15H21NO2S/c1-19-14-6-4-13(5-7-14)15(18)16-9-2-3-12(11-16)8-10-17/h4-7,12,17H,2-3,8-11H2,1H3. The van der Waals surface area contributed by atoms with Gasteiger partial charge in [-0.3, -0.25) is 4.79 Å². The summed E-state index contributed by atoms with van der Waals surface area (Å²) in [7, 11) is 0. The summed E-state index contributed by atoms with van der Waals surface area (Å²) >= 11 is 1.68. The van der Waals surface area contributed by atoms with E-state index in [1.54, 1.807) is 11.8 Å². The van der Waals surface area contributed by atoms with Crippen molar-refractivity contribution in [3.8, 4) is 0 Å². The van der Waals surface area contributed by atoms with Crippen LogP contribution in [-0.2, 0) is 0 Å². The Bertz CT molecular complexity index is 417. The molecule has 0 bridgehead atoms. The number of benzene rings is 1. The first-order valence-corrected chi connectivity index (χ1v) is 8.01. The summed E-state index contributed by atoms with van der Waals surface area (Å²) in [5, 5.41) is 9.01. The Hall–Kier alpha value is -1.00. The minimum Gasteiger partial charge on any atom is -0.396 e. The molecule has 1 atom stereocenters. The first kappa shape index (κ1) is 14.4. The fourth-order valence-corrected chi connectivity index (χ4v) is 2.99. The molecule has 1 aliphatic heterocycles. The van der Waals surface area contributed by atoms with Crippen molar-refractivity contribution < 1.29 is 9.90 Å². The quantitative estimate of drug-likeness (QED) is 0.861. The van der Waals surface area contributed by atoms with Crippen molar-refractivity contribution in [2.75, 3.05) is 26.0 Å². The molecule has 0 aromatic heterocycles. The van der Waals surface area contributed by atoms with Crippen molar-refractivity contribution in [2.24, 2.45) is 5.92 Å². The van der Waals surface area contributed by atoms with Crippen LogP contribution in [0.15, 0.2) is 29.2 Å². The van der Waals surface area contributed by atoms with E-state index in [0.717, 1.165) is 37.9 Å². The number of thioether (sulfide) groups is 1. The minimum absolute atomic E-state index is 0.121. The molecule has 1 N–H and O–H groups in total. The van der Waals surface area contributed by atoms with E-state index in [1.165, 1.54) is 4.90 Å². The maximum atomic E-state index is 12.4. The number of carbonyl (C=O) groups excluding carboxylic acids is 1. The number of nitrogens with zero attached hydrogens (tertiary/aromatic N) is 1. The van der Waals surface area contributed by atoms with E-state index in [-0.39, 0.29) is 12.5 Å². The Morgan fingerprint density at radius 1 is 1.42 bits per heavy atom. The summed E-state index contributed by atoms with van der Waals surface area (Å²) < 4.78 is 0. The molecule has 0 spiro atoms. The molecule has 2 rings (SSSR count). The van der Waals surface area contributed by atoms with Gasteiger partial charge in [0.25, 0.3) is 5.91 Å². The van der Waals surface area contributed by atoms with Gasteiger partial charge in [0.15, 0.2) is 0 Å². The molecule has 1 aliphatic rings. The van der Waals surface area contributed by atoms with E-state index in [4.69, 9.17) is 5.11 Å². The molecule has 0 saturated carbocycles. The summed E-state index contributed by atoms with van der Waals surface area (Å²) in [6, 6.07) is 7.80. The number of piperidine rings is 1. The van der Waals surface area contributed by atoms with Crippen molar-refractivity contribution in [2.45, 2.75) is 24.2 Å². The highest BCUT2D eigenvalue weighted by molar-refractivity contribution is 7.98. The zero-order valence-electron chi connectivity index (χ0n) is 11.3. The third-order valence-electron chi connectivity index (χ3n) is 3.68. The average molecular weight is 279 g/mol. The predicted molar refractivity (Wildman–Crippen MR) is 78.6 cm³/mol. The Labute approximate surface area is 119 Å². The summed E-state index contributed by atoms with van der Waals surface area (Å²) in [6.45, 7) is 1.84. The van der Waals surface area contributed by atoms with Gasteiger partial charge in [-0.05, 0) is 55.7 Å². The fraction of sp³-hybridized carbons (Fsp3) is 0.533. The Morgan fingerprint density at radius 3 is 2.79 bits per heavy atom. The van der Waals surface area contributed by atoms with Crippen LogP contribution in [0, 0.1) is 5.92 Å². The lowest BCUT2D eigenvalue weighted by molar-refractivity contribution is 0.0653. The molecule has 1 heterocycles. The van der Waals surface area contributed by atoms with Crippen molar-refractivity contribution in [1.29, 1.82) is 0 Å². The molecule has 1 aromatic carbocycles. The van der Waals surface area contributed by atoms with Crippen LogP contribution in [0.25, 0.3) is 0 Å². The SMILES string of the molecule is CSc1ccc(C(=O)N2CCCC(CCO)C2)cc1. The third kappa shape index (κ3) is 3.74. The van der Waals surface area contributed by atoms with Gasteiger partial charge in [0.05, 0.1) is 0 Å². The average Bonchev–Trinajstić information content (AvgIpc) is 2.47. The maximum absolute atomic E-state index is 12.4. The molecule has 1 fully saturated rings. The second-order valence-corrected chi connectivity index (χ2v) is 5.88. The molecule has 1 amide bonds. The largest absolute Gasteiger partial charge is 0.396 e. The molecule has 3 nitrogen and oxygen atoms in total. The third-order valence-corrected chi connectivity index (χ3v) is 4.42. The first-order valence-electron chi connectivity index (χ1n) is 6.78. The lowest BCUT2D eigenvalue weighted by Gasteiger charge is -2.32. The number of hydrogen-bond donors (Lipinski definition) is 1. The zero-order valence-corrected chi connectivity index (χ0v) is 12.2. The van der Waals surface area contributed by atoms with Crippen LogP contribution in [0.2, 0.25) is 0 Å². The highest BCUT2D eigenvalue weighted by Gasteiger charge is 2.23. The molecule has 4 heteroatoms. The number of carbonyl (C=O) groups is 1. The van der Waals surface area contributed by atoms with Crippen LogP contribution in [0.5, 0.6) is 0 Å². The van der Waals surface area contributed by atoms with Gasteiger partial charge in [-0.25, -0.2) is 0 Å². The van der Waals surface area contributed by atoms with Gasteiger partial charge >= 0.3 is 0 Å². The smallest absolute Gasteiger partial charge is 0.253 e. The van der Waals surface area contributed by atoms with Gasteiger partial charge in [-0.1, -0.05) is 0 Å². The second-order valence-electron chi connectivity index (χ2n) is 5.00. The number of amides is 1. The van der Waals surface area contributed by atoms with Gasteiger partial charge in [0, 0.05) is 30.2 Å². The Kier molecular flexibility index (Phi) is 5.28. The summed E-state index contributed by atoms with van der Waals surface area (Å²) in [4.78, 5) is 15.5. The molecule has 1 unspecified atom stereocenters. The van der Waals surface area contributed by atoms with Gasteiger partial charge in [0.1, 0.15) is 0 Å². The van der Waals surface area contributed by atoms with Gasteiger partial charge < -0.3 is 10.0 Å². The van der Waals surface area contributed by atoms with E-state index in [1.807, 2.05) is 35.4 Å². The van der Waals surface area contributed by atoms with Crippen LogP contribution in [0.3, 0.4) is 0 Å². The number of likely N-dealkylation sites (tertiary alicyclic amines) is 1. The van der Waals surface area contributed by atoms with E-state index < -0.39 is 0 Å². The topological polar surface area (TPSA) is 40.5 Å². The van der Waals surface area contributed by atoms with Crippen LogP contribution in [0.4, 0.5) is 0 Å². The number of hydrogen-bond acceptors (Lipinski definition) is 3. The molecule has 104 valence electrons. The molecular weight excluding hydrogens is 258 g/mol. The van der Waals surface area contributed by atoms with Crippen LogP contribution < -0.4 is 0 Å². The van der Waals surface area contributed by atoms with Crippen LogP contribution >= 0.6 is 11.8 Å². The molecule has 1 saturated heterocycles. The minimum atomic E-state index is 0.121. The van der Waals surface area contributed by atoms with E-state index >= 15 is 0 Å². The predicted octanol–water partition coefficient (Wildman–Crippen LogP) is 2.64. The van der Waals surface area contributed by atoms with E-state index in [9.17, 15) is 4.79 Å². The molecule has 0 radical (unpaired) electrons. The molecule has 0 aliphatic carbocycles. The molecule has 1 aromatic rings. The lowest BCUT2D eigenvalue weighted by Crippen LogP contribution is -2.40. The van der Waals surface area contributed by atoms with E-state index in [2.05, 4.69) is 0 Å². The highest BCUT2D eigenvalue weighted by atomic mass is 32.2. The monoisotopic (exact) mass is 279 g/mol. The van der Waals surface area contributed by atoms with E-state index in [0.29, 0.717) is 5.92 Å². The van der Waals surface area contributed by atoms with Gasteiger partial charge in [0.2, 0.25) is 0 Å². The molecular formula is C15H21NO2S. The fourth-order valence-electron chi connectivity index (χ4n) is 2.58. The van der Waals surface area contributed by atoms with Crippen LogP contribution in [0.1, 0.15) is 29.6 Å². The zero-order chi connectivity index (χ0) is 13.7. The van der Waals surface area contributed by atoms with Crippen molar-refractivity contribution in [3.63, 3.8) is 0 Å². The highest BCUT2D eigenvalue weighted by Crippen LogP contribution is 2.22. The van der Waals surface area contributed by atoms with Crippen molar-refractivity contribution >= 4 is 17.7 Å². The summed E-state index contributed by atoms with van der Waals surface area (Å²) in [5.74, 6) is 0.573. The number of aliphatic hydroxyl groups is 1. The maximum Gasteiger partial charge on any atom is 0.253 e. The summed E-state index contributed by atoms with van der Waals surface area (Å²) in [6.07, 6.45) is 4.99. The molecule has 19 heavy (non-hydrogen) atoms. The second kappa shape index (κ2) is 6.96. The first-order chi connectivity index (χ1) is 9.24. The Balaban J connectivity index is 2.01. The van der Waals surface area contributed by atoms with Gasteiger partial charge in [-0.15, -0.1) is 11.8 Å². The van der Waals surface area contributed by atoms with Crippen molar-refractivity contribution in [3.05, 3.63) is 29.8 Å². The van der Waals surface area contributed by atoms with Crippen molar-refractivity contribution in [1.82, 2.24) is 4.90 Å². The van der Waals surface area contributed by atoms with Gasteiger partial charge in [-0.2, -0.15) is 0 Å². The Morgan fingerprint density at radius 2 is 2.16 bits per heavy atom.